The highest BCUT2D eigenvalue weighted by Gasteiger charge is 2.27. The fourth-order valence-corrected chi connectivity index (χ4v) is 2.46. The van der Waals surface area contributed by atoms with E-state index in [-0.39, 0.29) is 0 Å². The maximum atomic E-state index is 6.14. The van der Waals surface area contributed by atoms with Crippen LogP contribution in [0.3, 0.4) is 0 Å². The van der Waals surface area contributed by atoms with E-state index in [4.69, 9.17) is 12.2 Å². The molecule has 0 heterocycles. The topological polar surface area (TPSA) is 26.0 Å². The van der Waals surface area contributed by atoms with E-state index in [1.54, 1.807) is 0 Å². The predicted molar refractivity (Wildman–Crippen MR) is 57.2 cm³/mol. The molecule has 1 saturated carbocycles. The Morgan fingerprint density at radius 3 is 2.85 bits per heavy atom. The Morgan fingerprint density at radius 2 is 2.31 bits per heavy atom. The molecule has 3 unspecified atom stereocenters. The molecule has 1 rings (SSSR count). The minimum atomic E-state index is 0.394. The van der Waals surface area contributed by atoms with Crippen LogP contribution in [0, 0.1) is 24.2 Å². The van der Waals surface area contributed by atoms with Gasteiger partial charge in [-0.3, -0.25) is 0 Å². The normalized spacial score (nSPS) is 29.9. The van der Waals surface area contributed by atoms with Crippen LogP contribution in [-0.4, -0.2) is 6.04 Å². The Morgan fingerprint density at radius 1 is 1.54 bits per heavy atom. The molecule has 74 valence electrons. The van der Waals surface area contributed by atoms with Gasteiger partial charge < -0.3 is 5.73 Å². The van der Waals surface area contributed by atoms with Crippen LogP contribution in [0.5, 0.6) is 0 Å². The average Bonchev–Trinajstić information content (AvgIpc) is 2.52. The summed E-state index contributed by atoms with van der Waals surface area (Å²) in [6.45, 7) is 2.33. The highest BCUT2D eigenvalue weighted by atomic mass is 14.7. The lowest BCUT2D eigenvalue weighted by atomic mass is 9.88. The second-order valence-corrected chi connectivity index (χ2v) is 4.33. The van der Waals surface area contributed by atoms with Crippen molar-refractivity contribution in [3.63, 3.8) is 0 Å². The van der Waals surface area contributed by atoms with E-state index in [0.29, 0.717) is 6.04 Å². The molecule has 1 fully saturated rings. The molecule has 1 heteroatoms. The molecule has 0 radical (unpaired) electrons. The molecule has 0 saturated heterocycles. The molecule has 0 aromatic carbocycles. The van der Waals surface area contributed by atoms with Gasteiger partial charge in [0.1, 0.15) is 0 Å². The lowest BCUT2D eigenvalue weighted by molar-refractivity contribution is 0.328. The van der Waals surface area contributed by atoms with E-state index >= 15 is 0 Å². The van der Waals surface area contributed by atoms with Crippen molar-refractivity contribution in [3.8, 4) is 12.3 Å². The third-order valence-corrected chi connectivity index (χ3v) is 3.34. The first kappa shape index (κ1) is 10.6. The molecule has 2 N–H and O–H groups in total. The van der Waals surface area contributed by atoms with Gasteiger partial charge in [-0.15, -0.1) is 12.3 Å². The predicted octanol–water partition coefficient (Wildman–Crippen LogP) is 2.55. The maximum Gasteiger partial charge on any atom is 0.00866 e. The SMILES string of the molecule is C#CCCCC(N)C1CCCC1C. The number of hydrogen-bond acceptors (Lipinski definition) is 1. The Bertz CT molecular complexity index is 180. The maximum absolute atomic E-state index is 6.14. The summed E-state index contributed by atoms with van der Waals surface area (Å²) in [5.41, 5.74) is 6.14. The van der Waals surface area contributed by atoms with Gasteiger partial charge in [0.15, 0.2) is 0 Å². The highest BCUT2D eigenvalue weighted by Crippen LogP contribution is 2.34. The quantitative estimate of drug-likeness (QED) is 0.521. The van der Waals surface area contributed by atoms with Crippen molar-refractivity contribution in [1.29, 1.82) is 0 Å². The first-order valence-corrected chi connectivity index (χ1v) is 5.44. The summed E-state index contributed by atoms with van der Waals surface area (Å²) in [6, 6.07) is 0.394. The summed E-state index contributed by atoms with van der Waals surface area (Å²) in [6.07, 6.45) is 12.4. The minimum Gasteiger partial charge on any atom is -0.327 e. The zero-order chi connectivity index (χ0) is 9.68. The molecule has 0 amide bonds. The molecule has 0 spiro atoms. The van der Waals surface area contributed by atoms with Gasteiger partial charge in [-0.2, -0.15) is 0 Å². The van der Waals surface area contributed by atoms with Crippen molar-refractivity contribution < 1.29 is 0 Å². The van der Waals surface area contributed by atoms with Crippen LogP contribution in [0.4, 0.5) is 0 Å². The van der Waals surface area contributed by atoms with E-state index in [0.717, 1.165) is 31.1 Å². The van der Waals surface area contributed by atoms with E-state index in [2.05, 4.69) is 12.8 Å². The third kappa shape index (κ3) is 3.04. The van der Waals surface area contributed by atoms with Crippen LogP contribution in [0.15, 0.2) is 0 Å². The van der Waals surface area contributed by atoms with E-state index in [9.17, 15) is 0 Å². The molecule has 1 aliphatic rings. The molecule has 0 aliphatic heterocycles. The van der Waals surface area contributed by atoms with E-state index in [1.807, 2.05) is 0 Å². The third-order valence-electron chi connectivity index (χ3n) is 3.34. The van der Waals surface area contributed by atoms with Crippen molar-refractivity contribution in [2.75, 3.05) is 0 Å². The summed E-state index contributed by atoms with van der Waals surface area (Å²) in [4.78, 5) is 0. The summed E-state index contributed by atoms with van der Waals surface area (Å²) < 4.78 is 0. The van der Waals surface area contributed by atoms with E-state index in [1.165, 1.54) is 19.3 Å². The second-order valence-electron chi connectivity index (χ2n) is 4.33. The number of terminal acetylenes is 1. The Labute approximate surface area is 82.1 Å². The summed E-state index contributed by atoms with van der Waals surface area (Å²) in [5, 5.41) is 0. The standard InChI is InChI=1S/C12H21N/c1-3-4-5-9-12(13)11-8-6-7-10(11)2/h1,10-12H,4-9,13H2,2H3. The highest BCUT2D eigenvalue weighted by molar-refractivity contribution is 4.86. The van der Waals surface area contributed by atoms with Crippen molar-refractivity contribution in [3.05, 3.63) is 0 Å². The first-order valence-electron chi connectivity index (χ1n) is 5.44. The van der Waals surface area contributed by atoms with Gasteiger partial charge in [0.2, 0.25) is 0 Å². The smallest absolute Gasteiger partial charge is 0.00866 e. The van der Waals surface area contributed by atoms with Crippen molar-refractivity contribution >= 4 is 0 Å². The van der Waals surface area contributed by atoms with Crippen molar-refractivity contribution in [1.82, 2.24) is 0 Å². The molecule has 0 bridgehead atoms. The van der Waals surface area contributed by atoms with Gasteiger partial charge in [0.05, 0.1) is 0 Å². The molecule has 1 aliphatic carbocycles. The Hall–Kier alpha value is -0.480. The van der Waals surface area contributed by atoms with Crippen molar-refractivity contribution in [2.45, 2.75) is 51.5 Å². The molecular formula is C12H21N. The monoisotopic (exact) mass is 179 g/mol. The van der Waals surface area contributed by atoms with Crippen LogP contribution < -0.4 is 5.73 Å². The molecule has 13 heavy (non-hydrogen) atoms. The van der Waals surface area contributed by atoms with Crippen LogP contribution in [0.25, 0.3) is 0 Å². The van der Waals surface area contributed by atoms with Crippen molar-refractivity contribution in [2.24, 2.45) is 17.6 Å². The van der Waals surface area contributed by atoms with Crippen LogP contribution in [0.2, 0.25) is 0 Å². The number of unbranched alkanes of at least 4 members (excludes halogenated alkanes) is 1. The lowest BCUT2D eigenvalue weighted by Gasteiger charge is -2.22. The first-order chi connectivity index (χ1) is 6.25. The van der Waals surface area contributed by atoms with Gasteiger partial charge >= 0.3 is 0 Å². The fourth-order valence-electron chi connectivity index (χ4n) is 2.46. The van der Waals surface area contributed by atoms with Gasteiger partial charge in [-0.05, 0) is 31.1 Å². The fraction of sp³-hybridized carbons (Fsp3) is 0.833. The molecular weight excluding hydrogens is 158 g/mol. The zero-order valence-electron chi connectivity index (χ0n) is 8.63. The van der Waals surface area contributed by atoms with Gasteiger partial charge in [-0.25, -0.2) is 0 Å². The average molecular weight is 179 g/mol. The van der Waals surface area contributed by atoms with Gasteiger partial charge in [0, 0.05) is 12.5 Å². The Balaban J connectivity index is 2.22. The van der Waals surface area contributed by atoms with Crippen LogP contribution in [-0.2, 0) is 0 Å². The number of hydrogen-bond donors (Lipinski definition) is 1. The van der Waals surface area contributed by atoms with Gasteiger partial charge in [-0.1, -0.05) is 19.8 Å². The summed E-state index contributed by atoms with van der Waals surface area (Å²) >= 11 is 0. The largest absolute Gasteiger partial charge is 0.327 e. The lowest BCUT2D eigenvalue weighted by Crippen LogP contribution is -2.31. The summed E-state index contributed by atoms with van der Waals surface area (Å²) in [7, 11) is 0. The molecule has 1 nitrogen and oxygen atoms in total. The molecule has 0 aromatic heterocycles. The van der Waals surface area contributed by atoms with Crippen LogP contribution >= 0.6 is 0 Å². The zero-order valence-corrected chi connectivity index (χ0v) is 8.63. The Kier molecular flexibility index (Phi) is 4.32. The number of rotatable bonds is 4. The van der Waals surface area contributed by atoms with Crippen LogP contribution in [0.1, 0.15) is 45.4 Å². The minimum absolute atomic E-state index is 0.394. The second kappa shape index (κ2) is 5.29. The number of nitrogens with two attached hydrogens (primary N) is 1. The summed E-state index contributed by atoms with van der Waals surface area (Å²) in [5.74, 6) is 4.27. The molecule has 0 aromatic rings. The molecule has 3 atom stereocenters. The van der Waals surface area contributed by atoms with Gasteiger partial charge in [0.25, 0.3) is 0 Å². The van der Waals surface area contributed by atoms with E-state index < -0.39 is 0 Å².